The zero-order chi connectivity index (χ0) is 29.8. The molecule has 3 aliphatic rings. The number of piperazine rings is 1. The van der Waals surface area contributed by atoms with Gasteiger partial charge in [-0.25, -0.2) is 8.78 Å². The molecule has 1 saturated heterocycles. The molecule has 0 aromatic heterocycles. The lowest BCUT2D eigenvalue weighted by Crippen LogP contribution is -2.60. The van der Waals surface area contributed by atoms with Crippen molar-refractivity contribution in [2.75, 3.05) is 24.5 Å². The highest BCUT2D eigenvalue weighted by molar-refractivity contribution is 6.01. The summed E-state index contributed by atoms with van der Waals surface area (Å²) in [5.41, 5.74) is 9.39. The highest BCUT2D eigenvalue weighted by atomic mass is 19.1. The van der Waals surface area contributed by atoms with Gasteiger partial charge in [0.1, 0.15) is 23.4 Å². The topological polar surface area (TPSA) is 108 Å². The predicted molar refractivity (Wildman–Crippen MR) is 161 cm³/mol. The molecule has 0 bridgehead atoms. The summed E-state index contributed by atoms with van der Waals surface area (Å²) in [5, 5.41) is 15.7. The lowest BCUT2D eigenvalue weighted by molar-refractivity contribution is -0.119. The van der Waals surface area contributed by atoms with Crippen LogP contribution in [-0.4, -0.2) is 66.0 Å². The maximum Gasteiger partial charge on any atom is 0.217 e. The molecular weight excluding hydrogens is 540 g/mol. The zero-order valence-electron chi connectivity index (χ0n) is 24.4. The summed E-state index contributed by atoms with van der Waals surface area (Å²) in [6.45, 7) is 6.41. The monoisotopic (exact) mass is 579 g/mol. The summed E-state index contributed by atoms with van der Waals surface area (Å²) in [6, 6.07) is 12.5. The van der Waals surface area contributed by atoms with Crippen molar-refractivity contribution in [1.82, 2.24) is 10.2 Å². The lowest BCUT2D eigenvalue weighted by Gasteiger charge is -2.46. The van der Waals surface area contributed by atoms with Gasteiger partial charge in [-0.1, -0.05) is 41.9 Å². The zero-order valence-corrected chi connectivity index (χ0v) is 24.4. The van der Waals surface area contributed by atoms with Gasteiger partial charge in [0.05, 0.1) is 12.3 Å². The lowest BCUT2D eigenvalue weighted by atomic mass is 9.82. The van der Waals surface area contributed by atoms with Crippen LogP contribution in [0.1, 0.15) is 69.9 Å². The van der Waals surface area contributed by atoms with Crippen LogP contribution in [0, 0.1) is 11.6 Å². The summed E-state index contributed by atoms with van der Waals surface area (Å²) in [6.07, 6.45) is 4.14. The third kappa shape index (κ3) is 6.55. The van der Waals surface area contributed by atoms with Crippen LogP contribution in [0.4, 0.5) is 14.5 Å². The van der Waals surface area contributed by atoms with Crippen LogP contribution >= 0.6 is 0 Å². The molecule has 224 valence electrons. The highest BCUT2D eigenvalue weighted by Gasteiger charge is 2.35. The molecule has 4 unspecified atom stereocenters. The number of amides is 1. The van der Waals surface area contributed by atoms with Crippen LogP contribution in [0.15, 0.2) is 57.8 Å². The van der Waals surface area contributed by atoms with Crippen LogP contribution in [0.5, 0.6) is 0 Å². The van der Waals surface area contributed by atoms with Gasteiger partial charge in [0.15, 0.2) is 0 Å². The minimum absolute atomic E-state index is 0.0728. The first-order valence-electron chi connectivity index (χ1n) is 14.7. The third-order valence-electron chi connectivity index (χ3n) is 8.22. The summed E-state index contributed by atoms with van der Waals surface area (Å²) in [5.74, 6) is -0.962. The number of guanidine groups is 1. The molecule has 0 spiro atoms. The van der Waals surface area contributed by atoms with Crippen molar-refractivity contribution in [2.45, 2.75) is 77.0 Å². The van der Waals surface area contributed by atoms with Crippen molar-refractivity contribution in [3.63, 3.8) is 0 Å². The summed E-state index contributed by atoms with van der Waals surface area (Å²) in [7, 11) is 0. The second-order valence-electron chi connectivity index (χ2n) is 11.5. The normalized spacial score (nSPS) is 25.8. The molecule has 2 heterocycles. The van der Waals surface area contributed by atoms with Crippen molar-refractivity contribution in [3.05, 3.63) is 65.2 Å². The average molecular weight is 580 g/mol. The number of rotatable bonds is 6. The molecule has 4 atom stereocenters. The smallest absolute Gasteiger partial charge is 0.217 e. The predicted octanol–water partition coefficient (Wildman–Crippen LogP) is 4.52. The molecule has 1 saturated carbocycles. The number of benzene rings is 2. The van der Waals surface area contributed by atoms with E-state index in [0.717, 1.165) is 31.4 Å². The number of carbonyl (C=O) groups excluding carboxylic acids is 1. The Bertz CT molecular complexity index is 1350. The SMILES string of the molecule is CC(=O)NCC1CC(c2cc(F)c(N3C(C)CN(/C(N)=N/N=C4/CCCCC4c4ccccc4)CC3C)c(F)c2)=NO1. The fourth-order valence-corrected chi connectivity index (χ4v) is 6.23. The molecule has 0 radical (unpaired) electrons. The molecule has 2 aromatic carbocycles. The minimum Gasteiger partial charge on any atom is -0.390 e. The van der Waals surface area contributed by atoms with Crippen molar-refractivity contribution in [2.24, 2.45) is 21.1 Å². The third-order valence-corrected chi connectivity index (χ3v) is 8.22. The number of hydrogen-bond acceptors (Lipinski definition) is 6. The first-order chi connectivity index (χ1) is 20.2. The van der Waals surface area contributed by atoms with Crippen LogP contribution in [0.2, 0.25) is 0 Å². The van der Waals surface area contributed by atoms with E-state index >= 15 is 8.78 Å². The second kappa shape index (κ2) is 12.9. The van der Waals surface area contributed by atoms with Gasteiger partial charge in [0.2, 0.25) is 11.9 Å². The van der Waals surface area contributed by atoms with E-state index in [1.54, 1.807) is 4.90 Å². The molecule has 9 nitrogen and oxygen atoms in total. The van der Waals surface area contributed by atoms with E-state index < -0.39 is 11.6 Å². The van der Waals surface area contributed by atoms with Crippen LogP contribution < -0.4 is 16.0 Å². The molecule has 3 N–H and O–H groups in total. The maximum atomic E-state index is 15.5. The Morgan fingerprint density at radius 1 is 1.12 bits per heavy atom. The van der Waals surface area contributed by atoms with E-state index in [9.17, 15) is 4.79 Å². The van der Waals surface area contributed by atoms with Gasteiger partial charge in [-0.15, -0.1) is 5.10 Å². The van der Waals surface area contributed by atoms with Gasteiger partial charge in [0, 0.05) is 55.7 Å². The number of carbonyl (C=O) groups is 1. The Labute approximate surface area is 245 Å². The minimum atomic E-state index is -0.664. The summed E-state index contributed by atoms with van der Waals surface area (Å²) >= 11 is 0. The van der Waals surface area contributed by atoms with Gasteiger partial charge >= 0.3 is 0 Å². The number of nitrogens with zero attached hydrogens (tertiary/aromatic N) is 5. The van der Waals surface area contributed by atoms with Crippen LogP contribution in [0.3, 0.4) is 0 Å². The number of anilines is 1. The standard InChI is InChI=1S/C31H39F2N7O2/c1-19-17-39(31(34)37-36-28-12-8-7-11-25(28)22-9-5-4-6-10-22)18-20(2)40(19)30-26(32)13-23(14-27(30)33)29-15-24(42-38-29)16-35-21(3)41/h4-6,9-10,13-14,19-20,24-25H,7-8,11-12,15-18H2,1-3H3,(H2,34,37)(H,35,41)/b36-28-. The maximum absolute atomic E-state index is 15.5. The fraction of sp³-hybridized carbons (Fsp3) is 0.484. The average Bonchev–Trinajstić information content (AvgIpc) is 3.45. The van der Waals surface area contributed by atoms with E-state index in [1.807, 2.05) is 36.9 Å². The first-order valence-corrected chi connectivity index (χ1v) is 14.7. The number of halogens is 2. The highest BCUT2D eigenvalue weighted by Crippen LogP contribution is 2.33. The fourth-order valence-electron chi connectivity index (χ4n) is 6.23. The molecule has 2 aromatic rings. The Hall–Kier alpha value is -4.02. The van der Waals surface area contributed by atoms with Gasteiger partial charge < -0.3 is 25.7 Å². The van der Waals surface area contributed by atoms with Gasteiger partial charge in [-0.2, -0.15) is 5.10 Å². The molecule has 1 amide bonds. The number of hydrogen-bond donors (Lipinski definition) is 2. The van der Waals surface area contributed by atoms with Crippen molar-refractivity contribution in [1.29, 1.82) is 0 Å². The summed E-state index contributed by atoms with van der Waals surface area (Å²) < 4.78 is 31.0. The Balaban J connectivity index is 1.27. The number of oxime groups is 1. The van der Waals surface area contributed by atoms with Crippen LogP contribution in [0.25, 0.3) is 0 Å². The molecule has 5 rings (SSSR count). The Kier molecular flexibility index (Phi) is 9.03. The molecule has 2 fully saturated rings. The van der Waals surface area contributed by atoms with Gasteiger partial charge in [-0.05, 0) is 50.8 Å². The van der Waals surface area contributed by atoms with E-state index in [4.69, 9.17) is 10.6 Å². The van der Waals surface area contributed by atoms with Gasteiger partial charge in [0.25, 0.3) is 0 Å². The van der Waals surface area contributed by atoms with E-state index in [-0.39, 0.29) is 42.2 Å². The van der Waals surface area contributed by atoms with E-state index in [2.05, 4.69) is 32.8 Å². The largest absolute Gasteiger partial charge is 0.390 e. The number of nitrogens with two attached hydrogens (primary N) is 1. The van der Waals surface area contributed by atoms with Crippen LogP contribution in [-0.2, 0) is 9.63 Å². The van der Waals surface area contributed by atoms with E-state index in [0.29, 0.717) is 36.7 Å². The first kappa shape index (κ1) is 29.5. The second-order valence-corrected chi connectivity index (χ2v) is 11.5. The van der Waals surface area contributed by atoms with Gasteiger partial charge in [-0.3, -0.25) is 4.79 Å². The van der Waals surface area contributed by atoms with Crippen molar-refractivity contribution >= 4 is 29.0 Å². The number of nitrogens with one attached hydrogen (secondary N) is 1. The molecule has 2 aliphatic heterocycles. The molecule has 42 heavy (non-hydrogen) atoms. The summed E-state index contributed by atoms with van der Waals surface area (Å²) in [4.78, 5) is 20.2. The molecular formula is C31H39F2N7O2. The van der Waals surface area contributed by atoms with Crippen molar-refractivity contribution < 1.29 is 18.4 Å². The quantitative estimate of drug-likeness (QED) is 0.297. The molecule has 11 heteroatoms. The van der Waals surface area contributed by atoms with Crippen molar-refractivity contribution in [3.8, 4) is 0 Å². The Morgan fingerprint density at radius 3 is 2.48 bits per heavy atom. The Morgan fingerprint density at radius 2 is 1.81 bits per heavy atom. The molecule has 1 aliphatic carbocycles. The van der Waals surface area contributed by atoms with E-state index in [1.165, 1.54) is 24.6 Å².